The Balaban J connectivity index is 0.00000192. The fraction of sp³-hybridized carbons (Fsp3) is 0.500. The van der Waals surface area contributed by atoms with Crippen LogP contribution in [-0.4, -0.2) is 35.3 Å². The Hall–Kier alpha value is -1.11. The highest BCUT2D eigenvalue weighted by atomic mass is 79.9. The SMILES string of the molecule is Cl.NC1(C(=O)N2CCC(C(=O)Nc3ccc(Br)cc3)CC2)CC1. The number of halogens is 2. The molecule has 0 atom stereocenters. The monoisotopic (exact) mass is 401 g/mol. The number of nitrogens with zero attached hydrogens (tertiary/aromatic N) is 1. The number of carbonyl (C=O) groups excluding carboxylic acids is 2. The van der Waals surface area contributed by atoms with Gasteiger partial charge in [0.05, 0.1) is 5.54 Å². The maximum absolute atomic E-state index is 12.3. The molecule has 0 bridgehead atoms. The number of hydrogen-bond acceptors (Lipinski definition) is 3. The third-order valence-corrected chi connectivity index (χ3v) is 5.01. The number of carbonyl (C=O) groups is 2. The Labute approximate surface area is 150 Å². The highest BCUT2D eigenvalue weighted by Crippen LogP contribution is 2.35. The molecular formula is C16H21BrClN3O2. The van der Waals surface area contributed by atoms with Gasteiger partial charge >= 0.3 is 0 Å². The Morgan fingerprint density at radius 3 is 2.26 bits per heavy atom. The van der Waals surface area contributed by atoms with Gasteiger partial charge in [-0.3, -0.25) is 9.59 Å². The van der Waals surface area contributed by atoms with Gasteiger partial charge in [0.25, 0.3) is 0 Å². The van der Waals surface area contributed by atoms with Crippen molar-refractivity contribution in [2.45, 2.75) is 31.2 Å². The van der Waals surface area contributed by atoms with E-state index in [1.165, 1.54) is 0 Å². The number of piperidine rings is 1. The zero-order valence-electron chi connectivity index (χ0n) is 12.8. The van der Waals surface area contributed by atoms with Crippen LogP contribution >= 0.6 is 28.3 Å². The van der Waals surface area contributed by atoms with Crippen molar-refractivity contribution in [1.29, 1.82) is 0 Å². The first-order valence-corrected chi connectivity index (χ1v) is 8.42. The predicted octanol–water partition coefficient (Wildman–Crippen LogP) is 2.54. The van der Waals surface area contributed by atoms with E-state index in [9.17, 15) is 9.59 Å². The lowest BCUT2D eigenvalue weighted by atomic mass is 9.95. The fourth-order valence-corrected chi connectivity index (χ4v) is 3.05. The first-order chi connectivity index (χ1) is 10.5. The molecule has 2 aliphatic rings. The van der Waals surface area contributed by atoms with Gasteiger partial charge < -0.3 is 16.0 Å². The highest BCUT2D eigenvalue weighted by molar-refractivity contribution is 9.10. The number of nitrogens with two attached hydrogens (primary N) is 1. The molecule has 7 heteroatoms. The van der Waals surface area contributed by atoms with Gasteiger partial charge in [-0.05, 0) is 49.9 Å². The molecule has 23 heavy (non-hydrogen) atoms. The molecule has 0 radical (unpaired) electrons. The first-order valence-electron chi connectivity index (χ1n) is 7.63. The summed E-state index contributed by atoms with van der Waals surface area (Å²) in [6.45, 7) is 1.24. The van der Waals surface area contributed by atoms with Crippen molar-refractivity contribution < 1.29 is 9.59 Å². The van der Waals surface area contributed by atoms with Gasteiger partial charge in [0.15, 0.2) is 0 Å². The number of hydrogen-bond donors (Lipinski definition) is 2. The Morgan fingerprint density at radius 1 is 1.17 bits per heavy atom. The van der Waals surface area contributed by atoms with E-state index >= 15 is 0 Å². The third-order valence-electron chi connectivity index (χ3n) is 4.48. The lowest BCUT2D eigenvalue weighted by Crippen LogP contribution is -2.49. The van der Waals surface area contributed by atoms with Gasteiger partial charge in [0, 0.05) is 29.2 Å². The lowest BCUT2D eigenvalue weighted by Gasteiger charge is -2.33. The number of anilines is 1. The van der Waals surface area contributed by atoms with Gasteiger partial charge in [-0.2, -0.15) is 0 Å². The average molecular weight is 403 g/mol. The minimum absolute atomic E-state index is 0. The second kappa shape index (κ2) is 7.20. The van der Waals surface area contributed by atoms with Crippen LogP contribution in [-0.2, 0) is 9.59 Å². The lowest BCUT2D eigenvalue weighted by molar-refractivity contribution is -0.136. The number of benzene rings is 1. The van der Waals surface area contributed by atoms with Crippen LogP contribution in [0, 0.1) is 5.92 Å². The molecule has 1 aliphatic carbocycles. The summed E-state index contributed by atoms with van der Waals surface area (Å²) in [5, 5.41) is 2.94. The molecule has 1 saturated heterocycles. The number of likely N-dealkylation sites (tertiary alicyclic amines) is 1. The number of amides is 2. The molecule has 1 aliphatic heterocycles. The molecule has 5 nitrogen and oxygen atoms in total. The van der Waals surface area contributed by atoms with Gasteiger partial charge in [-0.1, -0.05) is 15.9 Å². The molecule has 1 saturated carbocycles. The summed E-state index contributed by atoms with van der Waals surface area (Å²) >= 11 is 3.37. The maximum atomic E-state index is 12.3. The van der Waals surface area contributed by atoms with Crippen LogP contribution < -0.4 is 11.1 Å². The van der Waals surface area contributed by atoms with Crippen LogP contribution in [0.25, 0.3) is 0 Å². The second-order valence-corrected chi connectivity index (χ2v) is 7.13. The van der Waals surface area contributed by atoms with E-state index in [2.05, 4.69) is 21.2 Å². The molecule has 2 amide bonds. The van der Waals surface area contributed by atoms with Crippen LogP contribution in [0.4, 0.5) is 5.69 Å². The van der Waals surface area contributed by atoms with Crippen LogP contribution in [0.2, 0.25) is 0 Å². The molecule has 126 valence electrons. The standard InChI is InChI=1S/C16H20BrN3O2.ClH/c17-12-1-3-13(4-2-12)19-14(21)11-5-9-20(10-6-11)15(22)16(18)7-8-16;/h1-4,11H,5-10,18H2,(H,19,21);1H. The van der Waals surface area contributed by atoms with Crippen molar-refractivity contribution in [2.24, 2.45) is 11.7 Å². The minimum atomic E-state index is -0.605. The molecule has 3 N–H and O–H groups in total. The Morgan fingerprint density at radius 2 is 1.74 bits per heavy atom. The van der Waals surface area contributed by atoms with E-state index in [1.54, 1.807) is 0 Å². The van der Waals surface area contributed by atoms with Crippen LogP contribution in [0.1, 0.15) is 25.7 Å². The second-order valence-electron chi connectivity index (χ2n) is 6.22. The summed E-state index contributed by atoms with van der Waals surface area (Å²) in [4.78, 5) is 26.3. The van der Waals surface area contributed by atoms with Gasteiger partial charge in [0.1, 0.15) is 0 Å². The van der Waals surface area contributed by atoms with Gasteiger partial charge in [-0.25, -0.2) is 0 Å². The van der Waals surface area contributed by atoms with Crippen LogP contribution in [0.5, 0.6) is 0 Å². The van der Waals surface area contributed by atoms with E-state index in [4.69, 9.17) is 5.73 Å². The molecule has 3 rings (SSSR count). The summed E-state index contributed by atoms with van der Waals surface area (Å²) in [6.07, 6.45) is 2.97. The van der Waals surface area contributed by atoms with Gasteiger partial charge in [-0.15, -0.1) is 12.4 Å². The quantitative estimate of drug-likeness (QED) is 0.816. The largest absolute Gasteiger partial charge is 0.341 e. The fourth-order valence-electron chi connectivity index (χ4n) is 2.79. The van der Waals surface area contributed by atoms with Crippen molar-refractivity contribution in [3.8, 4) is 0 Å². The normalized spacial score (nSPS) is 19.7. The zero-order valence-corrected chi connectivity index (χ0v) is 15.2. The molecular weight excluding hydrogens is 382 g/mol. The zero-order chi connectivity index (χ0) is 15.7. The van der Waals surface area contributed by atoms with Crippen LogP contribution in [0.3, 0.4) is 0 Å². The molecule has 1 heterocycles. The van der Waals surface area contributed by atoms with E-state index < -0.39 is 5.54 Å². The molecule has 1 aromatic carbocycles. The number of rotatable bonds is 3. The average Bonchev–Trinajstić information content (AvgIpc) is 3.28. The van der Waals surface area contributed by atoms with Crippen molar-refractivity contribution >= 4 is 45.8 Å². The number of nitrogens with one attached hydrogen (secondary N) is 1. The summed E-state index contributed by atoms with van der Waals surface area (Å²) in [5.74, 6) is 0.0446. The van der Waals surface area contributed by atoms with Crippen molar-refractivity contribution in [3.05, 3.63) is 28.7 Å². The van der Waals surface area contributed by atoms with E-state index in [0.29, 0.717) is 25.9 Å². The molecule has 1 aromatic rings. The molecule has 2 fully saturated rings. The topological polar surface area (TPSA) is 75.4 Å². The van der Waals surface area contributed by atoms with Crippen molar-refractivity contribution in [3.63, 3.8) is 0 Å². The Kier molecular flexibility index (Phi) is 5.70. The first kappa shape index (κ1) is 18.2. The van der Waals surface area contributed by atoms with Gasteiger partial charge in [0.2, 0.25) is 11.8 Å². The highest BCUT2D eigenvalue weighted by Gasteiger charge is 2.48. The predicted molar refractivity (Wildman–Crippen MR) is 95.5 cm³/mol. The van der Waals surface area contributed by atoms with E-state index in [0.717, 1.165) is 23.0 Å². The van der Waals surface area contributed by atoms with E-state index in [1.807, 2.05) is 29.2 Å². The summed E-state index contributed by atoms with van der Waals surface area (Å²) in [7, 11) is 0. The summed E-state index contributed by atoms with van der Waals surface area (Å²) < 4.78 is 0.980. The van der Waals surface area contributed by atoms with E-state index in [-0.39, 0.29) is 30.1 Å². The summed E-state index contributed by atoms with van der Waals surface area (Å²) in [6, 6.07) is 7.53. The third kappa shape index (κ3) is 4.25. The Bertz CT molecular complexity index is 581. The maximum Gasteiger partial charge on any atom is 0.242 e. The van der Waals surface area contributed by atoms with Crippen molar-refractivity contribution in [1.82, 2.24) is 4.90 Å². The van der Waals surface area contributed by atoms with Crippen LogP contribution in [0.15, 0.2) is 28.7 Å². The molecule has 0 aromatic heterocycles. The minimum Gasteiger partial charge on any atom is -0.341 e. The molecule has 0 unspecified atom stereocenters. The van der Waals surface area contributed by atoms with Crippen molar-refractivity contribution in [2.75, 3.05) is 18.4 Å². The molecule has 0 spiro atoms. The summed E-state index contributed by atoms with van der Waals surface area (Å²) in [5.41, 5.74) is 6.15. The smallest absolute Gasteiger partial charge is 0.242 e.